The molecule has 2 amide bonds. The first-order chi connectivity index (χ1) is 47.5. The van der Waals surface area contributed by atoms with E-state index in [0.29, 0.717) is 81.9 Å². The van der Waals surface area contributed by atoms with Gasteiger partial charge >= 0.3 is 35.2 Å². The second-order valence-electron chi connectivity index (χ2n) is 40.1. The lowest BCUT2D eigenvalue weighted by atomic mass is 10.2. The first-order valence-electron chi connectivity index (χ1n) is 38.8. The van der Waals surface area contributed by atoms with Crippen molar-refractivity contribution in [2.45, 2.75) is 317 Å². The molecule has 4 N–H and O–H groups in total. The van der Waals surface area contributed by atoms with E-state index in [1.165, 1.54) is 15.9 Å². The van der Waals surface area contributed by atoms with Crippen LogP contribution in [0.4, 0.5) is 0 Å². The summed E-state index contributed by atoms with van der Waals surface area (Å²) < 4.78 is 105. The predicted molar refractivity (Wildman–Crippen MR) is 479 cm³/mol. The molecule has 0 saturated carbocycles. The lowest BCUT2D eigenvalue weighted by Gasteiger charge is -2.43. The smallest absolute Gasteiger partial charge is 0.417 e. The number of hydrogen-bond donors (Lipinski definition) is 4. The van der Waals surface area contributed by atoms with E-state index in [1.54, 1.807) is 6.92 Å². The van der Waals surface area contributed by atoms with Crippen molar-refractivity contribution in [2.75, 3.05) is 79.0 Å². The van der Waals surface area contributed by atoms with Crippen molar-refractivity contribution < 1.29 is 98.3 Å². The minimum Gasteiger partial charge on any atom is -0.417 e. The van der Waals surface area contributed by atoms with Gasteiger partial charge in [-0.25, -0.2) is 0 Å². The third kappa shape index (κ3) is 61.1. The SMILES string of the molecule is C=C(C)C(=O)N(CC(O)COCCC[Si](O[Si](C)(C)C)(O[Si](C)(C)C)O[Si](C)(C)C)CC(O)COCCC[Si](O[Si](C)(C)C)(O[Si](C)(C)C)O[Si](C)(C)C.C=CC(=O)N(CC(O)COCCC[Si](O[Si](C)(C)C)(O[Si](C)(C)C)O[Si](C)(C)C)CC(O)COCCC[Si](O[Si](C)(C)C)(O[Si](C)(C)C)O[Si](C)(C)C. The van der Waals surface area contributed by atoms with Gasteiger partial charge in [-0.1, -0.05) is 13.2 Å². The maximum absolute atomic E-state index is 13.0. The fourth-order valence-corrected chi connectivity index (χ4v) is 69.5. The summed E-state index contributed by atoms with van der Waals surface area (Å²) in [4.78, 5) is 28.5. The van der Waals surface area contributed by atoms with Crippen molar-refractivity contribution in [3.63, 3.8) is 0 Å². The van der Waals surface area contributed by atoms with Crippen molar-refractivity contribution in [3.8, 4) is 0 Å². The third-order valence-corrected chi connectivity index (χ3v) is 60.9. The van der Waals surface area contributed by atoms with Gasteiger partial charge < -0.3 is 98.6 Å². The zero-order valence-corrected chi connectivity index (χ0v) is 91.0. The Bertz CT molecular complexity index is 2240. The van der Waals surface area contributed by atoms with Crippen LogP contribution in [0, 0.1) is 0 Å². The molecule has 40 heteroatoms. The molecule has 0 radical (unpaired) electrons. The highest BCUT2D eigenvalue weighted by Crippen LogP contribution is 2.35. The molecule has 0 spiro atoms. The first kappa shape index (κ1) is 110. The molecule has 4 unspecified atom stereocenters. The summed E-state index contributed by atoms with van der Waals surface area (Å²) in [5, 5.41) is 43.5. The quantitative estimate of drug-likeness (QED) is 0.0250. The van der Waals surface area contributed by atoms with E-state index >= 15 is 0 Å². The number of carbonyl (C=O) groups is 2. The summed E-state index contributed by atoms with van der Waals surface area (Å²) in [5.74, 6) is -0.730. The molecule has 4 atom stereocenters. The molecule has 638 valence electrons. The van der Waals surface area contributed by atoms with Crippen LogP contribution in [0.5, 0.6) is 0 Å². The Hall–Kier alpha value is 1.09. The molecule has 0 aromatic heterocycles. The normalized spacial score (nSPS) is 15.4. The van der Waals surface area contributed by atoms with E-state index < -0.39 is 159 Å². The van der Waals surface area contributed by atoms with Gasteiger partial charge in [-0.05, 0) is 274 Å². The Balaban J connectivity index is 0. The summed E-state index contributed by atoms with van der Waals surface area (Å²) >= 11 is 0. The van der Waals surface area contributed by atoms with Crippen molar-refractivity contribution >= 4 is 147 Å². The van der Waals surface area contributed by atoms with Gasteiger partial charge in [0.05, 0.1) is 50.8 Å². The van der Waals surface area contributed by atoms with Crippen LogP contribution in [-0.2, 0) is 77.9 Å². The van der Waals surface area contributed by atoms with Gasteiger partial charge in [0.2, 0.25) is 11.8 Å². The molecular formula is C67H164N2O22Si16. The largest absolute Gasteiger partial charge is 0.469 e. The molecule has 24 nitrogen and oxygen atoms in total. The van der Waals surface area contributed by atoms with Crippen molar-refractivity contribution in [3.05, 3.63) is 24.8 Å². The molecule has 0 aliphatic carbocycles. The van der Waals surface area contributed by atoms with Crippen molar-refractivity contribution in [2.24, 2.45) is 0 Å². The van der Waals surface area contributed by atoms with Gasteiger partial charge in [0.15, 0.2) is 99.8 Å². The summed E-state index contributed by atoms with van der Waals surface area (Å²) in [6.45, 7) is 88.5. The number of aliphatic hydroxyl groups is 4. The number of rotatable bonds is 58. The number of ether oxygens (including phenoxy) is 4. The fraction of sp³-hybridized carbons (Fsp3) is 0.910. The second kappa shape index (κ2) is 46.4. The fourth-order valence-electron chi connectivity index (χ4n) is 11.0. The summed E-state index contributed by atoms with van der Waals surface area (Å²) in [5.41, 5.74) is 0.318. The summed E-state index contributed by atoms with van der Waals surface area (Å²) in [7, 11) is -35.7. The monoisotopic (exact) mass is 1800 g/mol. The Morgan fingerprint density at radius 2 is 0.449 bits per heavy atom. The molecule has 0 aromatic carbocycles. The van der Waals surface area contributed by atoms with Gasteiger partial charge in [0.1, 0.15) is 0 Å². The van der Waals surface area contributed by atoms with Crippen LogP contribution in [0.25, 0.3) is 0 Å². The van der Waals surface area contributed by atoms with Gasteiger partial charge in [-0.2, -0.15) is 0 Å². The van der Waals surface area contributed by atoms with Crippen LogP contribution in [-0.4, -0.2) is 281 Å². The molecule has 0 rings (SSSR count). The molecule has 0 fully saturated rings. The van der Waals surface area contributed by atoms with Crippen molar-refractivity contribution in [1.29, 1.82) is 0 Å². The first-order valence-corrected chi connectivity index (χ1v) is 87.5. The highest BCUT2D eigenvalue weighted by Gasteiger charge is 2.54. The predicted octanol–water partition coefficient (Wildman–Crippen LogP) is 15.4. The van der Waals surface area contributed by atoms with Gasteiger partial charge in [0, 0.05) is 82.4 Å². The van der Waals surface area contributed by atoms with Gasteiger partial charge in [-0.3, -0.25) is 9.59 Å². The zero-order valence-electron chi connectivity index (χ0n) is 75.0. The number of aliphatic hydroxyl groups excluding tert-OH is 4. The molecule has 0 aliphatic rings. The third-order valence-electron chi connectivity index (χ3n) is 12.7. The molecule has 107 heavy (non-hydrogen) atoms. The second-order valence-corrected chi connectivity index (χ2v) is 108. The van der Waals surface area contributed by atoms with Crippen LogP contribution in [0.1, 0.15) is 32.6 Å². The van der Waals surface area contributed by atoms with Crippen LogP contribution < -0.4 is 0 Å². The van der Waals surface area contributed by atoms with E-state index in [1.807, 2.05) is 0 Å². The molecule has 0 heterocycles. The number of hydrogen-bond acceptors (Lipinski definition) is 22. The molecular weight excluding hydrogens is 1630 g/mol. The summed E-state index contributed by atoms with van der Waals surface area (Å²) in [6.07, 6.45) is -0.00676. The van der Waals surface area contributed by atoms with Crippen LogP contribution >= 0.6 is 0 Å². The molecule has 0 bridgehead atoms. The van der Waals surface area contributed by atoms with Gasteiger partial charge in [-0.15, -0.1) is 0 Å². The molecule has 0 saturated heterocycles. The van der Waals surface area contributed by atoms with Gasteiger partial charge in [0.25, 0.3) is 0 Å². The number of carbonyl (C=O) groups excluding carboxylic acids is 2. The topological polar surface area (TPSA) is 269 Å². The van der Waals surface area contributed by atoms with E-state index in [4.69, 9.17) is 68.3 Å². The van der Waals surface area contributed by atoms with E-state index in [-0.39, 0.29) is 64.4 Å². The minimum absolute atomic E-state index is 0.0120. The highest BCUT2D eigenvalue weighted by molar-refractivity contribution is 6.93. The van der Waals surface area contributed by atoms with Crippen molar-refractivity contribution in [1.82, 2.24) is 9.80 Å². The minimum atomic E-state index is -2.98. The van der Waals surface area contributed by atoms with E-state index in [2.05, 4.69) is 249 Å². The Labute approximate surface area is 670 Å². The number of amides is 2. The highest BCUT2D eigenvalue weighted by atomic mass is 28.5. The lowest BCUT2D eigenvalue weighted by Crippen LogP contribution is -2.60. The zero-order chi connectivity index (χ0) is 84.4. The lowest BCUT2D eigenvalue weighted by molar-refractivity contribution is -0.131. The molecule has 0 aliphatic heterocycles. The average molecular weight is 1800 g/mol. The van der Waals surface area contributed by atoms with E-state index in [9.17, 15) is 30.0 Å². The summed E-state index contributed by atoms with van der Waals surface area (Å²) in [6, 6.07) is 2.56. The molecule has 0 aromatic rings. The number of nitrogens with zero attached hydrogens (tertiary/aromatic N) is 2. The maximum Gasteiger partial charge on any atom is 0.469 e. The Morgan fingerprint density at radius 3 is 0.579 bits per heavy atom. The standard InChI is InChI=1S/C34H83NO11Si8.C33H81NO11Si8/c1-31(2)34(38)35(27-32(36)29-39-23-21-25-53(41-47(3,4)5,42-48(6,7)8)43-49(9,10)11)28-33(37)30-40-24-22-26-54(44-50(12,13)14,45-51(15,16)17)46-52(18,19)20;1-20-33(37)34(27-31(35)29-38-23-21-25-52(40-46(2,3)4,41-47(5,6)7)42-48(8,9)10)28-32(36)30-39-24-22-26-53(43-49(11,12)13,44-50(14,15)16)45-51(17,18)19/h32-33,36-37H,1,21-30H2,2-20H3;20,31-32,35-36H,1,21-30H2,2-19H3. The average Bonchev–Trinajstić information content (AvgIpc) is 0.824. The Kier molecular flexibility index (Phi) is 47.8. The van der Waals surface area contributed by atoms with Crippen LogP contribution in [0.3, 0.4) is 0 Å². The van der Waals surface area contributed by atoms with Crippen LogP contribution in [0.15, 0.2) is 24.8 Å². The van der Waals surface area contributed by atoms with E-state index in [0.717, 1.165) is 0 Å². The maximum atomic E-state index is 13.0. The van der Waals surface area contributed by atoms with Crippen LogP contribution in [0.2, 0.25) is 260 Å². The Morgan fingerprint density at radius 1 is 0.299 bits per heavy atom.